The maximum atomic E-state index is 10.2. The molecule has 0 aromatic heterocycles. The Labute approximate surface area is 153 Å². The summed E-state index contributed by atoms with van der Waals surface area (Å²) < 4.78 is 0. The molecule has 1 aromatic rings. The summed E-state index contributed by atoms with van der Waals surface area (Å²) >= 11 is 5.99. The van der Waals surface area contributed by atoms with E-state index in [9.17, 15) is 5.11 Å². The van der Waals surface area contributed by atoms with Gasteiger partial charge >= 0.3 is 0 Å². The van der Waals surface area contributed by atoms with E-state index in [1.807, 2.05) is 6.08 Å². The summed E-state index contributed by atoms with van der Waals surface area (Å²) in [6.07, 6.45) is 1.82. The molecule has 1 atom stereocenters. The first-order valence-corrected chi connectivity index (χ1v) is 8.95. The number of nitrogens with two attached hydrogens (primary N) is 2. The van der Waals surface area contributed by atoms with Crippen LogP contribution >= 0.6 is 11.6 Å². The quantitative estimate of drug-likeness (QED) is 0.650. The zero-order valence-electron chi connectivity index (χ0n) is 14.7. The van der Waals surface area contributed by atoms with Crippen LogP contribution in [0.4, 0.5) is 0 Å². The normalized spacial score (nSPS) is 22.2. The van der Waals surface area contributed by atoms with Gasteiger partial charge in [0.1, 0.15) is 11.6 Å². The summed E-state index contributed by atoms with van der Waals surface area (Å²) in [6, 6.07) is 6.01. The van der Waals surface area contributed by atoms with Crippen LogP contribution in [0.2, 0.25) is 5.02 Å². The molecule has 0 amide bonds. The highest BCUT2D eigenvalue weighted by Gasteiger charge is 2.32. The van der Waals surface area contributed by atoms with E-state index >= 15 is 0 Å². The minimum atomic E-state index is -0.0120. The maximum absolute atomic E-state index is 10.2. The van der Waals surface area contributed by atoms with Crippen LogP contribution in [0.3, 0.4) is 0 Å². The molecule has 2 heterocycles. The lowest BCUT2D eigenvalue weighted by atomic mass is 10.0. The molecular formula is C18H26ClN5O. The molecule has 3 rings (SSSR count). The third-order valence-corrected chi connectivity index (χ3v) is 5.25. The van der Waals surface area contributed by atoms with Gasteiger partial charge < -0.3 is 26.8 Å². The standard InChI is InChI=1S/C18H26ClN5O/c1-11(2)23-6-7-24-12(10-23)9-22-18(21)16(24)8-15(20)13-4-3-5-14(19)17(13)25/h3-5,8,11-12,22,25H,6-7,9-10,20-21H2,1-2H3/b15-8-. The van der Waals surface area contributed by atoms with Crippen LogP contribution in [0.15, 0.2) is 35.8 Å². The van der Waals surface area contributed by atoms with E-state index in [-0.39, 0.29) is 10.8 Å². The van der Waals surface area contributed by atoms with Crippen molar-refractivity contribution >= 4 is 17.3 Å². The van der Waals surface area contributed by atoms with Crippen molar-refractivity contribution in [2.75, 3.05) is 26.2 Å². The van der Waals surface area contributed by atoms with E-state index < -0.39 is 0 Å². The molecule has 0 radical (unpaired) electrons. The van der Waals surface area contributed by atoms with Gasteiger partial charge in [0.05, 0.1) is 16.8 Å². The van der Waals surface area contributed by atoms with Crippen LogP contribution in [-0.4, -0.2) is 53.2 Å². The van der Waals surface area contributed by atoms with Gasteiger partial charge in [0.15, 0.2) is 0 Å². The second kappa shape index (κ2) is 7.06. The summed E-state index contributed by atoms with van der Waals surface area (Å²) in [6.45, 7) is 8.12. The van der Waals surface area contributed by atoms with Crippen molar-refractivity contribution in [2.45, 2.75) is 25.9 Å². The van der Waals surface area contributed by atoms with E-state index in [0.717, 1.165) is 31.9 Å². The number of rotatable bonds is 3. The van der Waals surface area contributed by atoms with Crippen LogP contribution < -0.4 is 16.8 Å². The maximum Gasteiger partial charge on any atom is 0.143 e. The lowest BCUT2D eigenvalue weighted by molar-refractivity contribution is 0.0750. The van der Waals surface area contributed by atoms with Gasteiger partial charge in [-0.2, -0.15) is 0 Å². The van der Waals surface area contributed by atoms with E-state index in [1.54, 1.807) is 18.2 Å². The first-order chi connectivity index (χ1) is 11.9. The summed E-state index contributed by atoms with van der Waals surface area (Å²) in [7, 11) is 0. The third-order valence-electron chi connectivity index (χ3n) is 4.95. The molecule has 1 aromatic carbocycles. The number of allylic oxidation sites excluding steroid dienone is 1. The minimum absolute atomic E-state index is 0.0120. The fourth-order valence-corrected chi connectivity index (χ4v) is 3.62. The van der Waals surface area contributed by atoms with E-state index in [4.69, 9.17) is 23.1 Å². The van der Waals surface area contributed by atoms with Gasteiger partial charge in [-0.1, -0.05) is 17.7 Å². The third kappa shape index (κ3) is 3.50. The van der Waals surface area contributed by atoms with Gasteiger partial charge in [-0.25, -0.2) is 0 Å². The van der Waals surface area contributed by atoms with E-state index in [1.165, 1.54) is 0 Å². The SMILES string of the molecule is CC(C)N1CCN2C(/C=C(\N)c3cccc(Cl)c3O)=C(N)NCC2C1. The van der Waals surface area contributed by atoms with Gasteiger partial charge in [-0.15, -0.1) is 0 Å². The molecule has 1 fully saturated rings. The molecule has 6 nitrogen and oxygen atoms in total. The number of nitrogens with zero attached hydrogens (tertiary/aromatic N) is 2. The lowest BCUT2D eigenvalue weighted by Crippen LogP contribution is -2.60. The molecule has 136 valence electrons. The van der Waals surface area contributed by atoms with Crippen LogP contribution in [0.5, 0.6) is 5.75 Å². The zero-order chi connectivity index (χ0) is 18.1. The van der Waals surface area contributed by atoms with Gasteiger partial charge in [-0.05, 0) is 32.1 Å². The number of fused-ring (bicyclic) bond motifs is 1. The number of para-hydroxylation sites is 1. The average molecular weight is 364 g/mol. The number of phenolic OH excluding ortho intramolecular Hbond substituents is 1. The highest BCUT2D eigenvalue weighted by Crippen LogP contribution is 2.31. The summed E-state index contributed by atoms with van der Waals surface area (Å²) in [4.78, 5) is 4.77. The molecule has 0 saturated carbocycles. The Bertz CT molecular complexity index is 715. The van der Waals surface area contributed by atoms with Crippen LogP contribution in [-0.2, 0) is 0 Å². The molecule has 0 spiro atoms. The number of piperazine rings is 1. The van der Waals surface area contributed by atoms with Crippen LogP contribution in [0, 0.1) is 0 Å². The van der Waals surface area contributed by atoms with Crippen molar-refractivity contribution in [3.63, 3.8) is 0 Å². The smallest absolute Gasteiger partial charge is 0.143 e. The second-order valence-electron chi connectivity index (χ2n) is 6.85. The van der Waals surface area contributed by atoms with Crippen molar-refractivity contribution in [3.05, 3.63) is 46.4 Å². The van der Waals surface area contributed by atoms with Crippen molar-refractivity contribution in [2.24, 2.45) is 11.5 Å². The largest absolute Gasteiger partial charge is 0.506 e. The number of aromatic hydroxyl groups is 1. The summed E-state index contributed by atoms with van der Waals surface area (Å²) in [5.74, 6) is 0.598. The predicted octanol–water partition coefficient (Wildman–Crippen LogP) is 1.47. The van der Waals surface area contributed by atoms with E-state index in [0.29, 0.717) is 29.2 Å². The monoisotopic (exact) mass is 363 g/mol. The van der Waals surface area contributed by atoms with Crippen molar-refractivity contribution < 1.29 is 5.11 Å². The molecule has 2 aliphatic heterocycles. The zero-order valence-corrected chi connectivity index (χ0v) is 15.4. The summed E-state index contributed by atoms with van der Waals surface area (Å²) in [5, 5.41) is 13.7. The molecule has 0 bridgehead atoms. The highest BCUT2D eigenvalue weighted by molar-refractivity contribution is 6.32. The van der Waals surface area contributed by atoms with Crippen LogP contribution in [0.1, 0.15) is 19.4 Å². The average Bonchev–Trinajstić information content (AvgIpc) is 2.59. The van der Waals surface area contributed by atoms with Crippen molar-refractivity contribution in [3.8, 4) is 5.75 Å². The fraction of sp³-hybridized carbons (Fsp3) is 0.444. The first kappa shape index (κ1) is 17.8. The topological polar surface area (TPSA) is 90.8 Å². The summed E-state index contributed by atoms with van der Waals surface area (Å²) in [5.41, 5.74) is 14.3. The fourth-order valence-electron chi connectivity index (χ4n) is 3.45. The number of nitrogens with one attached hydrogen (secondary N) is 1. The molecule has 1 saturated heterocycles. The van der Waals surface area contributed by atoms with Crippen molar-refractivity contribution in [1.29, 1.82) is 0 Å². The molecule has 6 N–H and O–H groups in total. The Morgan fingerprint density at radius 3 is 2.88 bits per heavy atom. The molecular weight excluding hydrogens is 338 g/mol. The Kier molecular flexibility index (Phi) is 5.01. The highest BCUT2D eigenvalue weighted by atomic mass is 35.5. The Morgan fingerprint density at radius 2 is 2.16 bits per heavy atom. The van der Waals surface area contributed by atoms with E-state index in [2.05, 4.69) is 29.0 Å². The predicted molar refractivity (Wildman–Crippen MR) is 102 cm³/mol. The number of hydrogen-bond acceptors (Lipinski definition) is 6. The first-order valence-electron chi connectivity index (χ1n) is 8.57. The Hall–Kier alpha value is -2.05. The minimum Gasteiger partial charge on any atom is -0.506 e. The van der Waals surface area contributed by atoms with Gasteiger partial charge in [0, 0.05) is 43.5 Å². The van der Waals surface area contributed by atoms with Crippen LogP contribution in [0.25, 0.3) is 5.70 Å². The lowest BCUT2D eigenvalue weighted by Gasteiger charge is -2.47. The molecule has 25 heavy (non-hydrogen) atoms. The number of halogens is 1. The molecule has 2 aliphatic rings. The number of hydrogen-bond donors (Lipinski definition) is 4. The van der Waals surface area contributed by atoms with Gasteiger partial charge in [0.25, 0.3) is 0 Å². The Morgan fingerprint density at radius 1 is 1.40 bits per heavy atom. The van der Waals surface area contributed by atoms with Gasteiger partial charge in [0.2, 0.25) is 0 Å². The second-order valence-corrected chi connectivity index (χ2v) is 7.26. The number of phenols is 1. The molecule has 7 heteroatoms. The van der Waals surface area contributed by atoms with Gasteiger partial charge in [-0.3, -0.25) is 4.90 Å². The Balaban J connectivity index is 1.89. The number of benzene rings is 1. The van der Waals surface area contributed by atoms with Crippen molar-refractivity contribution in [1.82, 2.24) is 15.1 Å². The molecule has 1 unspecified atom stereocenters. The molecule has 0 aliphatic carbocycles.